The predicted octanol–water partition coefficient (Wildman–Crippen LogP) is 3.58. The van der Waals surface area contributed by atoms with Gasteiger partial charge in [-0.05, 0) is 49.7 Å². The number of esters is 1. The van der Waals surface area contributed by atoms with Crippen molar-refractivity contribution in [1.29, 1.82) is 0 Å². The summed E-state index contributed by atoms with van der Waals surface area (Å²) in [7, 11) is 0. The summed E-state index contributed by atoms with van der Waals surface area (Å²) in [5, 5.41) is 2.72. The molecule has 5 heteroatoms. The van der Waals surface area contributed by atoms with Gasteiger partial charge in [-0.3, -0.25) is 4.79 Å². The van der Waals surface area contributed by atoms with Crippen molar-refractivity contribution in [3.05, 3.63) is 59.7 Å². The first-order valence-corrected chi connectivity index (χ1v) is 7.85. The lowest BCUT2D eigenvalue weighted by molar-refractivity contribution is -0.118. The third-order valence-electron chi connectivity index (χ3n) is 3.23. The Morgan fingerprint density at radius 3 is 2.29 bits per heavy atom. The molecule has 2 rings (SSSR count). The molecule has 0 saturated heterocycles. The average Bonchev–Trinajstić information content (AvgIpc) is 2.60. The van der Waals surface area contributed by atoms with Gasteiger partial charge in [0.05, 0.1) is 12.2 Å². The van der Waals surface area contributed by atoms with E-state index in [9.17, 15) is 9.59 Å². The first-order chi connectivity index (χ1) is 11.6. The molecule has 0 fully saturated rings. The highest BCUT2D eigenvalue weighted by Gasteiger charge is 2.08. The Morgan fingerprint density at radius 1 is 1.00 bits per heavy atom. The van der Waals surface area contributed by atoms with E-state index >= 15 is 0 Å². The molecule has 0 heterocycles. The van der Waals surface area contributed by atoms with E-state index in [1.54, 1.807) is 24.3 Å². The van der Waals surface area contributed by atoms with Crippen LogP contribution in [0.4, 0.5) is 5.69 Å². The molecule has 2 aromatic rings. The largest absolute Gasteiger partial charge is 0.484 e. The van der Waals surface area contributed by atoms with Crippen molar-refractivity contribution in [3.63, 3.8) is 0 Å². The van der Waals surface area contributed by atoms with Gasteiger partial charge in [-0.1, -0.05) is 24.6 Å². The number of hydrogen-bond donors (Lipinski definition) is 1. The van der Waals surface area contributed by atoms with Crippen LogP contribution in [0.1, 0.15) is 29.3 Å². The van der Waals surface area contributed by atoms with Gasteiger partial charge in [-0.2, -0.15) is 0 Å². The summed E-state index contributed by atoms with van der Waals surface area (Å²) < 4.78 is 10.5. The monoisotopic (exact) mass is 327 g/mol. The van der Waals surface area contributed by atoms with Crippen LogP contribution in [0.2, 0.25) is 0 Å². The molecule has 0 radical (unpaired) electrons. The topological polar surface area (TPSA) is 64.6 Å². The fraction of sp³-hybridized carbons (Fsp3) is 0.263. The lowest BCUT2D eigenvalue weighted by Gasteiger charge is -2.08. The Kier molecular flexibility index (Phi) is 6.37. The van der Waals surface area contributed by atoms with Gasteiger partial charge in [0, 0.05) is 5.69 Å². The number of carbonyl (C=O) groups is 2. The van der Waals surface area contributed by atoms with E-state index in [4.69, 9.17) is 9.47 Å². The first kappa shape index (κ1) is 17.5. The highest BCUT2D eigenvalue weighted by molar-refractivity contribution is 5.93. The van der Waals surface area contributed by atoms with Gasteiger partial charge >= 0.3 is 5.97 Å². The van der Waals surface area contributed by atoms with Crippen molar-refractivity contribution in [2.45, 2.75) is 20.3 Å². The van der Waals surface area contributed by atoms with Crippen molar-refractivity contribution in [1.82, 2.24) is 0 Å². The first-order valence-electron chi connectivity index (χ1n) is 7.85. The zero-order valence-corrected chi connectivity index (χ0v) is 13.9. The van der Waals surface area contributed by atoms with Gasteiger partial charge < -0.3 is 14.8 Å². The highest BCUT2D eigenvalue weighted by atomic mass is 16.5. The molecular formula is C19H21NO4. The van der Waals surface area contributed by atoms with E-state index in [1.807, 2.05) is 38.1 Å². The Balaban J connectivity index is 1.83. The maximum atomic E-state index is 11.9. The van der Waals surface area contributed by atoms with Crippen LogP contribution in [0, 0.1) is 6.92 Å². The van der Waals surface area contributed by atoms with E-state index in [0.717, 1.165) is 12.0 Å². The maximum Gasteiger partial charge on any atom is 0.338 e. The van der Waals surface area contributed by atoms with Gasteiger partial charge in [0.1, 0.15) is 5.75 Å². The smallest absolute Gasteiger partial charge is 0.338 e. The Bertz CT molecular complexity index is 678. The highest BCUT2D eigenvalue weighted by Crippen LogP contribution is 2.13. The molecule has 0 unspecified atom stereocenters. The van der Waals surface area contributed by atoms with E-state index in [0.29, 0.717) is 23.6 Å². The van der Waals surface area contributed by atoms with Crippen LogP contribution in [0.15, 0.2) is 48.5 Å². The van der Waals surface area contributed by atoms with Gasteiger partial charge in [0.25, 0.3) is 5.91 Å². The summed E-state index contributed by atoms with van der Waals surface area (Å²) in [5.41, 5.74) is 2.18. The van der Waals surface area contributed by atoms with Gasteiger partial charge in [0.2, 0.25) is 0 Å². The maximum absolute atomic E-state index is 11.9. The minimum absolute atomic E-state index is 0.0800. The van der Waals surface area contributed by atoms with E-state index in [-0.39, 0.29) is 18.5 Å². The zero-order chi connectivity index (χ0) is 17.4. The summed E-state index contributed by atoms with van der Waals surface area (Å²) in [5.74, 6) is 0.0130. The van der Waals surface area contributed by atoms with Gasteiger partial charge in [-0.25, -0.2) is 4.79 Å². The van der Waals surface area contributed by atoms with Crippen LogP contribution in [0.3, 0.4) is 0 Å². The van der Waals surface area contributed by atoms with Crippen molar-refractivity contribution in [2.75, 3.05) is 18.5 Å². The van der Waals surface area contributed by atoms with Gasteiger partial charge in [-0.15, -0.1) is 0 Å². The number of rotatable bonds is 7. The second kappa shape index (κ2) is 8.72. The Morgan fingerprint density at radius 2 is 1.67 bits per heavy atom. The molecule has 0 saturated carbocycles. The molecule has 1 N–H and O–H groups in total. The summed E-state index contributed by atoms with van der Waals surface area (Å²) in [6.45, 7) is 4.24. The van der Waals surface area contributed by atoms with Gasteiger partial charge in [0.15, 0.2) is 6.61 Å². The summed E-state index contributed by atoms with van der Waals surface area (Å²) >= 11 is 0. The number of hydrogen-bond acceptors (Lipinski definition) is 4. The fourth-order valence-electron chi connectivity index (χ4n) is 1.95. The summed E-state index contributed by atoms with van der Waals surface area (Å²) in [4.78, 5) is 23.6. The van der Waals surface area contributed by atoms with Crippen LogP contribution >= 0.6 is 0 Å². The molecule has 0 spiro atoms. The van der Waals surface area contributed by atoms with E-state index < -0.39 is 0 Å². The molecule has 0 aliphatic heterocycles. The van der Waals surface area contributed by atoms with Crippen LogP contribution in [-0.2, 0) is 9.53 Å². The number of amides is 1. The SMILES string of the molecule is CCCOC(=O)c1ccc(NC(=O)COc2ccc(C)cc2)cc1. The van der Waals surface area contributed by atoms with Crippen LogP contribution in [-0.4, -0.2) is 25.1 Å². The number of anilines is 1. The normalized spacial score (nSPS) is 10.1. The minimum atomic E-state index is -0.363. The zero-order valence-electron chi connectivity index (χ0n) is 13.9. The fourth-order valence-corrected chi connectivity index (χ4v) is 1.95. The summed E-state index contributed by atoms with van der Waals surface area (Å²) in [6, 6.07) is 14.0. The molecular weight excluding hydrogens is 306 g/mol. The molecule has 2 aromatic carbocycles. The molecule has 0 atom stereocenters. The quantitative estimate of drug-likeness (QED) is 0.790. The molecule has 0 aliphatic rings. The average molecular weight is 327 g/mol. The number of carbonyl (C=O) groups excluding carboxylic acids is 2. The molecule has 5 nitrogen and oxygen atoms in total. The second-order valence-corrected chi connectivity index (χ2v) is 5.36. The number of ether oxygens (including phenoxy) is 2. The number of aryl methyl sites for hydroxylation is 1. The molecule has 0 aromatic heterocycles. The molecule has 1 amide bonds. The predicted molar refractivity (Wildman–Crippen MR) is 92.3 cm³/mol. The third-order valence-corrected chi connectivity index (χ3v) is 3.23. The Hall–Kier alpha value is -2.82. The molecule has 126 valence electrons. The van der Waals surface area contributed by atoms with Crippen LogP contribution < -0.4 is 10.1 Å². The van der Waals surface area contributed by atoms with Crippen molar-refractivity contribution >= 4 is 17.6 Å². The van der Waals surface area contributed by atoms with Crippen LogP contribution in [0.25, 0.3) is 0 Å². The standard InChI is InChI=1S/C19H21NO4/c1-3-12-23-19(22)15-6-8-16(9-7-15)20-18(21)13-24-17-10-4-14(2)5-11-17/h4-11H,3,12-13H2,1-2H3,(H,20,21). The third kappa shape index (κ3) is 5.43. The summed E-state index contributed by atoms with van der Waals surface area (Å²) in [6.07, 6.45) is 0.779. The van der Waals surface area contributed by atoms with Crippen molar-refractivity contribution < 1.29 is 19.1 Å². The lowest BCUT2D eigenvalue weighted by atomic mass is 10.2. The molecule has 24 heavy (non-hydrogen) atoms. The number of nitrogens with one attached hydrogen (secondary N) is 1. The second-order valence-electron chi connectivity index (χ2n) is 5.36. The number of benzene rings is 2. The van der Waals surface area contributed by atoms with E-state index in [2.05, 4.69) is 5.32 Å². The lowest BCUT2D eigenvalue weighted by Crippen LogP contribution is -2.20. The van der Waals surface area contributed by atoms with Crippen molar-refractivity contribution in [3.8, 4) is 5.75 Å². The molecule has 0 bridgehead atoms. The van der Waals surface area contributed by atoms with Crippen molar-refractivity contribution in [2.24, 2.45) is 0 Å². The molecule has 0 aliphatic carbocycles. The Labute approximate surface area is 141 Å². The van der Waals surface area contributed by atoms with Crippen LogP contribution in [0.5, 0.6) is 5.75 Å². The van der Waals surface area contributed by atoms with E-state index in [1.165, 1.54) is 0 Å². The minimum Gasteiger partial charge on any atom is -0.484 e.